The highest BCUT2D eigenvalue weighted by atomic mass is 16.3. The van der Waals surface area contributed by atoms with Gasteiger partial charge in [0.25, 0.3) is 0 Å². The number of aliphatic hydroxyl groups excluding tert-OH is 1. The van der Waals surface area contributed by atoms with Gasteiger partial charge in [-0.3, -0.25) is 0 Å². The molecule has 0 saturated carbocycles. The van der Waals surface area contributed by atoms with Gasteiger partial charge in [0.05, 0.1) is 0 Å². The normalized spacial score (nSPS) is 15.6. The third-order valence-electron chi connectivity index (χ3n) is 4.72. The van der Waals surface area contributed by atoms with E-state index in [0.29, 0.717) is 0 Å². The van der Waals surface area contributed by atoms with Gasteiger partial charge in [-0.2, -0.15) is 0 Å². The van der Waals surface area contributed by atoms with E-state index < -0.39 is 6.10 Å². The Hall–Kier alpha value is -2.24. The highest BCUT2D eigenvalue weighted by molar-refractivity contribution is 5.59. The van der Waals surface area contributed by atoms with E-state index in [-0.39, 0.29) is 5.41 Å². The molecule has 1 saturated heterocycles. The largest absolute Gasteiger partial charge is 0.376 e. The van der Waals surface area contributed by atoms with E-state index in [4.69, 9.17) is 0 Å². The van der Waals surface area contributed by atoms with Gasteiger partial charge in [0.15, 0.2) is 0 Å². The summed E-state index contributed by atoms with van der Waals surface area (Å²) in [5, 5.41) is 10.5. The van der Waals surface area contributed by atoms with Crippen molar-refractivity contribution >= 4 is 5.69 Å². The lowest BCUT2D eigenvalue weighted by molar-refractivity contribution is 0.238. The standard InChI is InChI=1S/C23H27NO/c1-23(2,3)20-17-19(12-13-21(20)24-15-7-8-16-24)22(25)14-11-18-9-5-4-6-10-18/h4-6,9-10,12-13,17,22,25H,7-8,15-16H2,1-3H3. The molecule has 0 radical (unpaired) electrons. The summed E-state index contributed by atoms with van der Waals surface area (Å²) >= 11 is 0. The minimum Gasteiger partial charge on any atom is -0.376 e. The quantitative estimate of drug-likeness (QED) is 0.807. The topological polar surface area (TPSA) is 23.5 Å². The maximum Gasteiger partial charge on any atom is 0.140 e. The average molecular weight is 333 g/mol. The van der Waals surface area contributed by atoms with Gasteiger partial charge in [0, 0.05) is 24.3 Å². The van der Waals surface area contributed by atoms with Gasteiger partial charge in [-0.15, -0.1) is 0 Å². The third kappa shape index (κ3) is 4.24. The lowest BCUT2D eigenvalue weighted by Gasteiger charge is -2.29. The second kappa shape index (κ2) is 7.33. The fourth-order valence-corrected chi connectivity index (χ4v) is 3.31. The van der Waals surface area contributed by atoms with Crippen LogP contribution in [0.3, 0.4) is 0 Å². The molecule has 1 atom stereocenters. The summed E-state index contributed by atoms with van der Waals surface area (Å²) in [6.45, 7) is 8.94. The summed E-state index contributed by atoms with van der Waals surface area (Å²) < 4.78 is 0. The zero-order valence-electron chi connectivity index (χ0n) is 15.4. The molecule has 1 unspecified atom stereocenters. The second-order valence-electron chi connectivity index (χ2n) is 7.76. The van der Waals surface area contributed by atoms with Crippen LogP contribution in [0.1, 0.15) is 56.4 Å². The van der Waals surface area contributed by atoms with E-state index in [1.54, 1.807) is 0 Å². The van der Waals surface area contributed by atoms with Crippen molar-refractivity contribution < 1.29 is 5.11 Å². The zero-order valence-corrected chi connectivity index (χ0v) is 15.4. The lowest BCUT2D eigenvalue weighted by Crippen LogP contribution is -2.24. The molecule has 1 aliphatic heterocycles. The Morgan fingerprint density at radius 1 is 1.00 bits per heavy atom. The van der Waals surface area contributed by atoms with Crippen molar-refractivity contribution in [2.75, 3.05) is 18.0 Å². The molecular weight excluding hydrogens is 306 g/mol. The monoisotopic (exact) mass is 333 g/mol. The van der Waals surface area contributed by atoms with E-state index in [2.05, 4.69) is 49.6 Å². The first-order valence-electron chi connectivity index (χ1n) is 9.09. The molecule has 130 valence electrons. The molecule has 0 aromatic heterocycles. The van der Waals surface area contributed by atoms with Gasteiger partial charge in [-0.05, 0) is 53.6 Å². The van der Waals surface area contributed by atoms with Gasteiger partial charge in [-0.1, -0.05) is 56.9 Å². The summed E-state index contributed by atoms with van der Waals surface area (Å²) in [4.78, 5) is 2.46. The summed E-state index contributed by atoms with van der Waals surface area (Å²) in [6, 6.07) is 16.1. The Morgan fingerprint density at radius 3 is 2.32 bits per heavy atom. The number of anilines is 1. The van der Waals surface area contributed by atoms with Gasteiger partial charge in [0.1, 0.15) is 6.10 Å². The Labute approximate surface area is 151 Å². The highest BCUT2D eigenvalue weighted by Gasteiger charge is 2.24. The lowest BCUT2D eigenvalue weighted by atomic mass is 9.84. The number of rotatable bonds is 2. The van der Waals surface area contributed by atoms with Crippen LogP contribution < -0.4 is 4.90 Å². The summed E-state index contributed by atoms with van der Waals surface area (Å²) in [5.41, 5.74) is 4.41. The van der Waals surface area contributed by atoms with Crippen molar-refractivity contribution in [3.05, 3.63) is 65.2 Å². The van der Waals surface area contributed by atoms with Crippen LogP contribution in [-0.2, 0) is 5.41 Å². The van der Waals surface area contributed by atoms with Crippen molar-refractivity contribution in [1.29, 1.82) is 0 Å². The molecule has 2 aromatic carbocycles. The van der Waals surface area contributed by atoms with E-state index >= 15 is 0 Å². The van der Waals surface area contributed by atoms with Crippen LogP contribution >= 0.6 is 0 Å². The zero-order chi connectivity index (χ0) is 17.9. The number of aliphatic hydroxyl groups is 1. The minimum absolute atomic E-state index is 0.0283. The van der Waals surface area contributed by atoms with Crippen LogP contribution in [0.4, 0.5) is 5.69 Å². The number of nitrogens with zero attached hydrogens (tertiary/aromatic N) is 1. The smallest absolute Gasteiger partial charge is 0.140 e. The molecular formula is C23H27NO. The number of hydrogen-bond acceptors (Lipinski definition) is 2. The van der Waals surface area contributed by atoms with Crippen LogP contribution in [0, 0.1) is 11.8 Å². The Kier molecular flexibility index (Phi) is 5.16. The van der Waals surface area contributed by atoms with Crippen LogP contribution in [0.25, 0.3) is 0 Å². The maximum absolute atomic E-state index is 10.5. The van der Waals surface area contributed by atoms with Crippen LogP contribution in [0.2, 0.25) is 0 Å². The molecule has 0 amide bonds. The third-order valence-corrected chi connectivity index (χ3v) is 4.72. The van der Waals surface area contributed by atoms with Gasteiger partial charge in [-0.25, -0.2) is 0 Å². The molecule has 1 fully saturated rings. The molecule has 1 aliphatic rings. The fourth-order valence-electron chi connectivity index (χ4n) is 3.31. The Balaban J connectivity index is 1.91. The first kappa shape index (κ1) is 17.6. The van der Waals surface area contributed by atoms with Crippen LogP contribution in [-0.4, -0.2) is 18.2 Å². The highest BCUT2D eigenvalue weighted by Crippen LogP contribution is 2.35. The van der Waals surface area contributed by atoms with E-state index in [0.717, 1.165) is 24.2 Å². The van der Waals surface area contributed by atoms with E-state index in [1.165, 1.54) is 24.1 Å². The second-order valence-corrected chi connectivity index (χ2v) is 7.76. The van der Waals surface area contributed by atoms with Crippen molar-refractivity contribution in [2.24, 2.45) is 0 Å². The van der Waals surface area contributed by atoms with Gasteiger partial charge in [0.2, 0.25) is 0 Å². The van der Waals surface area contributed by atoms with Crippen molar-refractivity contribution in [3.63, 3.8) is 0 Å². The minimum atomic E-state index is -0.770. The molecule has 1 N–H and O–H groups in total. The molecule has 1 heterocycles. The van der Waals surface area contributed by atoms with Crippen LogP contribution in [0.15, 0.2) is 48.5 Å². The Bertz CT molecular complexity index is 771. The van der Waals surface area contributed by atoms with E-state index in [1.807, 2.05) is 36.4 Å². The van der Waals surface area contributed by atoms with Crippen molar-refractivity contribution in [2.45, 2.75) is 45.1 Å². The average Bonchev–Trinajstić information content (AvgIpc) is 3.14. The molecule has 2 aromatic rings. The molecule has 0 aliphatic carbocycles. The predicted octanol–water partition coefficient (Wildman–Crippen LogP) is 4.67. The number of hydrogen-bond donors (Lipinski definition) is 1. The Morgan fingerprint density at radius 2 is 1.68 bits per heavy atom. The first-order valence-corrected chi connectivity index (χ1v) is 9.09. The number of benzene rings is 2. The fraction of sp³-hybridized carbons (Fsp3) is 0.391. The van der Waals surface area contributed by atoms with E-state index in [9.17, 15) is 5.11 Å². The summed E-state index contributed by atoms with van der Waals surface area (Å²) in [7, 11) is 0. The van der Waals surface area contributed by atoms with Gasteiger partial charge >= 0.3 is 0 Å². The SMILES string of the molecule is CC(C)(C)c1cc(C(O)C#Cc2ccccc2)ccc1N1CCCC1. The van der Waals surface area contributed by atoms with Crippen LogP contribution in [0.5, 0.6) is 0 Å². The summed E-state index contributed by atoms with van der Waals surface area (Å²) in [6.07, 6.45) is 1.75. The van der Waals surface area contributed by atoms with Crippen molar-refractivity contribution in [3.8, 4) is 11.8 Å². The molecule has 3 rings (SSSR count). The summed E-state index contributed by atoms with van der Waals surface area (Å²) in [5.74, 6) is 6.04. The predicted molar refractivity (Wildman–Crippen MR) is 105 cm³/mol. The molecule has 25 heavy (non-hydrogen) atoms. The molecule has 2 nitrogen and oxygen atoms in total. The maximum atomic E-state index is 10.5. The van der Waals surface area contributed by atoms with Gasteiger partial charge < -0.3 is 10.0 Å². The molecule has 0 spiro atoms. The van der Waals surface area contributed by atoms with Crippen molar-refractivity contribution in [1.82, 2.24) is 0 Å². The molecule has 0 bridgehead atoms. The molecule has 2 heteroatoms. The first-order chi connectivity index (χ1) is 11.9.